The van der Waals surface area contributed by atoms with E-state index in [1.807, 2.05) is 48.5 Å². The number of nitrogen functional groups attached to an aromatic ring is 1. The van der Waals surface area contributed by atoms with E-state index in [1.165, 1.54) is 0 Å². The van der Waals surface area contributed by atoms with Crippen molar-refractivity contribution in [2.75, 3.05) is 5.73 Å². The van der Waals surface area contributed by atoms with Gasteiger partial charge in [-0.3, -0.25) is 0 Å². The Morgan fingerprint density at radius 3 is 2.33 bits per heavy atom. The molecule has 0 saturated heterocycles. The fourth-order valence-corrected chi connectivity index (χ4v) is 2.42. The second-order valence-corrected chi connectivity index (χ2v) is 4.56. The van der Waals surface area contributed by atoms with Crippen molar-refractivity contribution in [3.05, 3.63) is 53.6 Å². The van der Waals surface area contributed by atoms with Gasteiger partial charge in [0.1, 0.15) is 0 Å². The largest absolute Gasteiger partial charge is 0.398 e. The fourth-order valence-electron chi connectivity index (χ4n) is 1.24. The molecule has 76 valence electrons. The minimum atomic E-state index is 0.698. The van der Waals surface area contributed by atoms with Crippen LogP contribution in [0.1, 0.15) is 0 Å². The number of hydrogen-bond acceptors (Lipinski definition) is 2. The molecule has 0 fully saturated rings. The Morgan fingerprint density at radius 1 is 0.933 bits per heavy atom. The summed E-state index contributed by atoms with van der Waals surface area (Å²) in [4.78, 5) is 2.06. The molecule has 0 bridgehead atoms. The lowest BCUT2D eigenvalue weighted by Crippen LogP contribution is -1.88. The highest BCUT2D eigenvalue weighted by Crippen LogP contribution is 2.37. The lowest BCUT2D eigenvalue weighted by Gasteiger charge is -2.06. The Labute approximate surface area is 98.3 Å². The first kappa shape index (κ1) is 10.4. The number of benzene rings is 2. The van der Waals surface area contributed by atoms with Crippen molar-refractivity contribution in [3.8, 4) is 0 Å². The van der Waals surface area contributed by atoms with E-state index in [2.05, 4.69) is 0 Å². The number of halogens is 1. The van der Waals surface area contributed by atoms with E-state index >= 15 is 0 Å². The lowest BCUT2D eigenvalue weighted by atomic mass is 10.3. The summed E-state index contributed by atoms with van der Waals surface area (Å²) in [5.74, 6) is 0. The molecular formula is C12H10ClNS. The van der Waals surface area contributed by atoms with Crippen molar-refractivity contribution < 1.29 is 0 Å². The molecular weight excluding hydrogens is 226 g/mol. The van der Waals surface area contributed by atoms with Crippen LogP contribution in [0.4, 0.5) is 5.69 Å². The van der Waals surface area contributed by atoms with E-state index in [-0.39, 0.29) is 0 Å². The monoisotopic (exact) mass is 235 g/mol. The second kappa shape index (κ2) is 4.60. The maximum atomic E-state index is 6.08. The van der Waals surface area contributed by atoms with Crippen LogP contribution in [0.3, 0.4) is 0 Å². The smallest absolute Gasteiger partial charge is 0.0566 e. The lowest BCUT2D eigenvalue weighted by molar-refractivity contribution is 1.41. The zero-order valence-electron chi connectivity index (χ0n) is 7.98. The number of hydrogen-bond donors (Lipinski definition) is 1. The third kappa shape index (κ3) is 2.46. The van der Waals surface area contributed by atoms with Crippen LogP contribution in [0.25, 0.3) is 0 Å². The van der Waals surface area contributed by atoms with Gasteiger partial charge in [-0.1, -0.05) is 47.6 Å². The van der Waals surface area contributed by atoms with Crippen molar-refractivity contribution in [2.24, 2.45) is 0 Å². The number of anilines is 1. The van der Waals surface area contributed by atoms with Gasteiger partial charge < -0.3 is 5.73 Å². The molecule has 2 aromatic carbocycles. The fraction of sp³-hybridized carbons (Fsp3) is 0. The van der Waals surface area contributed by atoms with Crippen LogP contribution in [-0.2, 0) is 0 Å². The van der Waals surface area contributed by atoms with Crippen molar-refractivity contribution in [2.45, 2.75) is 9.79 Å². The summed E-state index contributed by atoms with van der Waals surface area (Å²) in [7, 11) is 0. The van der Waals surface area contributed by atoms with Crippen LogP contribution in [0, 0.1) is 0 Å². The number of rotatable bonds is 2. The van der Waals surface area contributed by atoms with Crippen LogP contribution in [0.2, 0.25) is 5.02 Å². The standard InChI is InChI=1S/C12H10ClNS/c13-10-7-4-8-11(14)12(10)15-9-5-2-1-3-6-9/h1-8H,14H2. The third-order valence-electron chi connectivity index (χ3n) is 1.96. The molecule has 0 atom stereocenters. The Kier molecular flexibility index (Phi) is 3.19. The van der Waals surface area contributed by atoms with E-state index in [0.717, 1.165) is 15.5 Å². The third-order valence-corrected chi connectivity index (χ3v) is 3.56. The summed E-state index contributed by atoms with van der Waals surface area (Å²) < 4.78 is 0. The molecule has 0 aromatic heterocycles. The first-order valence-electron chi connectivity index (χ1n) is 4.54. The van der Waals surface area contributed by atoms with Crippen LogP contribution in [0.5, 0.6) is 0 Å². The summed E-state index contributed by atoms with van der Waals surface area (Å²) in [6, 6.07) is 15.6. The van der Waals surface area contributed by atoms with E-state index in [9.17, 15) is 0 Å². The summed E-state index contributed by atoms with van der Waals surface area (Å²) in [6.07, 6.45) is 0. The van der Waals surface area contributed by atoms with Crippen LogP contribution >= 0.6 is 23.4 Å². The highest BCUT2D eigenvalue weighted by atomic mass is 35.5. The number of nitrogens with two attached hydrogens (primary N) is 1. The van der Waals surface area contributed by atoms with Gasteiger partial charge in [0.05, 0.1) is 9.92 Å². The Bertz CT molecular complexity index is 436. The van der Waals surface area contributed by atoms with Gasteiger partial charge in [0.15, 0.2) is 0 Å². The summed E-state index contributed by atoms with van der Waals surface area (Å²) in [5, 5.41) is 0.698. The van der Waals surface area contributed by atoms with Gasteiger partial charge in [-0.2, -0.15) is 0 Å². The molecule has 0 aliphatic rings. The predicted molar refractivity (Wildman–Crippen MR) is 66.4 cm³/mol. The quantitative estimate of drug-likeness (QED) is 0.794. The van der Waals surface area contributed by atoms with Crippen LogP contribution in [0.15, 0.2) is 58.3 Å². The van der Waals surface area contributed by atoms with Crippen molar-refractivity contribution in [1.82, 2.24) is 0 Å². The zero-order valence-corrected chi connectivity index (χ0v) is 9.55. The van der Waals surface area contributed by atoms with Gasteiger partial charge in [0.25, 0.3) is 0 Å². The minimum absolute atomic E-state index is 0.698. The van der Waals surface area contributed by atoms with Crippen molar-refractivity contribution >= 4 is 29.1 Å². The highest BCUT2D eigenvalue weighted by Gasteiger charge is 2.05. The Balaban J connectivity index is 2.32. The second-order valence-electron chi connectivity index (χ2n) is 3.07. The molecule has 2 N–H and O–H groups in total. The molecule has 3 heteroatoms. The van der Waals surface area contributed by atoms with E-state index in [4.69, 9.17) is 17.3 Å². The molecule has 0 amide bonds. The van der Waals surface area contributed by atoms with E-state index in [1.54, 1.807) is 11.8 Å². The van der Waals surface area contributed by atoms with Gasteiger partial charge in [-0.25, -0.2) is 0 Å². The van der Waals surface area contributed by atoms with Gasteiger partial charge in [-0.15, -0.1) is 0 Å². The molecule has 0 aliphatic carbocycles. The van der Waals surface area contributed by atoms with E-state index in [0.29, 0.717) is 5.02 Å². The van der Waals surface area contributed by atoms with Gasteiger partial charge in [0, 0.05) is 10.6 Å². The summed E-state index contributed by atoms with van der Waals surface area (Å²) >= 11 is 7.66. The van der Waals surface area contributed by atoms with Gasteiger partial charge >= 0.3 is 0 Å². The molecule has 1 nitrogen and oxygen atoms in total. The first-order valence-corrected chi connectivity index (χ1v) is 5.74. The minimum Gasteiger partial charge on any atom is -0.398 e. The molecule has 0 radical (unpaired) electrons. The molecule has 0 saturated carbocycles. The first-order chi connectivity index (χ1) is 7.27. The van der Waals surface area contributed by atoms with Gasteiger partial charge in [0.2, 0.25) is 0 Å². The maximum absolute atomic E-state index is 6.08. The zero-order chi connectivity index (χ0) is 10.7. The average molecular weight is 236 g/mol. The summed E-state index contributed by atoms with van der Waals surface area (Å²) in [6.45, 7) is 0. The molecule has 0 unspecified atom stereocenters. The normalized spacial score (nSPS) is 10.2. The van der Waals surface area contributed by atoms with E-state index < -0.39 is 0 Å². The molecule has 0 heterocycles. The maximum Gasteiger partial charge on any atom is 0.0566 e. The van der Waals surface area contributed by atoms with Crippen molar-refractivity contribution in [3.63, 3.8) is 0 Å². The summed E-state index contributed by atoms with van der Waals surface area (Å²) in [5.41, 5.74) is 6.58. The predicted octanol–water partition coefficient (Wildman–Crippen LogP) is 4.07. The molecule has 15 heavy (non-hydrogen) atoms. The Hall–Kier alpha value is -1.12. The molecule has 2 aromatic rings. The highest BCUT2D eigenvalue weighted by molar-refractivity contribution is 7.99. The van der Waals surface area contributed by atoms with Crippen LogP contribution in [-0.4, -0.2) is 0 Å². The molecule has 2 rings (SSSR count). The average Bonchev–Trinajstić information content (AvgIpc) is 2.25. The van der Waals surface area contributed by atoms with Crippen LogP contribution < -0.4 is 5.73 Å². The topological polar surface area (TPSA) is 26.0 Å². The van der Waals surface area contributed by atoms with Crippen molar-refractivity contribution in [1.29, 1.82) is 0 Å². The van der Waals surface area contributed by atoms with Gasteiger partial charge in [-0.05, 0) is 24.3 Å². The SMILES string of the molecule is Nc1cccc(Cl)c1Sc1ccccc1. The molecule has 0 spiro atoms. The Morgan fingerprint density at radius 2 is 1.67 bits per heavy atom. The molecule has 0 aliphatic heterocycles.